The second-order valence-electron chi connectivity index (χ2n) is 5.07. The van der Waals surface area contributed by atoms with Crippen LogP contribution < -0.4 is 5.69 Å². The van der Waals surface area contributed by atoms with Gasteiger partial charge in [0.2, 0.25) is 10.0 Å². The van der Waals surface area contributed by atoms with E-state index in [9.17, 15) is 13.2 Å². The Labute approximate surface area is 131 Å². The Balaban J connectivity index is 1.96. The van der Waals surface area contributed by atoms with Crippen molar-refractivity contribution in [2.24, 2.45) is 0 Å². The van der Waals surface area contributed by atoms with Gasteiger partial charge in [0.15, 0.2) is 0 Å². The molecule has 0 amide bonds. The second kappa shape index (κ2) is 5.38. The first-order chi connectivity index (χ1) is 10.4. The lowest BCUT2D eigenvalue weighted by Gasteiger charge is -2.17. The number of benzene rings is 1. The van der Waals surface area contributed by atoms with E-state index >= 15 is 0 Å². The highest BCUT2D eigenvalue weighted by Gasteiger charge is 2.22. The molecule has 8 heteroatoms. The molecule has 3 rings (SSSR count). The number of aromatic nitrogens is 2. The Morgan fingerprint density at radius 2 is 1.91 bits per heavy atom. The molecule has 2 N–H and O–H groups in total. The minimum atomic E-state index is -3.61. The summed E-state index contributed by atoms with van der Waals surface area (Å²) in [4.78, 5) is 17.6. The van der Waals surface area contributed by atoms with Gasteiger partial charge in [0, 0.05) is 18.5 Å². The highest BCUT2D eigenvalue weighted by atomic mass is 32.2. The molecule has 2 aromatic heterocycles. The van der Waals surface area contributed by atoms with Gasteiger partial charge in [-0.15, -0.1) is 11.3 Å². The average molecular weight is 337 g/mol. The number of nitrogens with one attached hydrogen (secondary N) is 2. The van der Waals surface area contributed by atoms with Crippen LogP contribution in [-0.4, -0.2) is 29.7 Å². The van der Waals surface area contributed by atoms with Crippen molar-refractivity contribution in [3.63, 3.8) is 0 Å². The smallest absolute Gasteiger partial charge is 0.306 e. The largest absolute Gasteiger partial charge is 0.323 e. The molecule has 0 atom stereocenters. The van der Waals surface area contributed by atoms with E-state index in [2.05, 4.69) is 9.97 Å². The van der Waals surface area contributed by atoms with Crippen LogP contribution in [0.2, 0.25) is 0 Å². The number of thiophene rings is 1. The number of aryl methyl sites for hydroxylation is 1. The van der Waals surface area contributed by atoms with Crippen molar-refractivity contribution in [3.05, 3.63) is 50.6 Å². The van der Waals surface area contributed by atoms with E-state index in [1.807, 2.05) is 18.4 Å². The van der Waals surface area contributed by atoms with Crippen molar-refractivity contribution in [1.82, 2.24) is 14.3 Å². The molecule has 0 spiro atoms. The monoisotopic (exact) mass is 337 g/mol. The molecule has 0 radical (unpaired) electrons. The van der Waals surface area contributed by atoms with Crippen LogP contribution >= 0.6 is 11.3 Å². The number of hydrogen-bond acceptors (Lipinski definition) is 4. The molecule has 3 aromatic rings. The number of H-pyrrole nitrogens is 2. The minimum absolute atomic E-state index is 0.159. The van der Waals surface area contributed by atoms with Gasteiger partial charge in [0.05, 0.1) is 15.9 Å². The van der Waals surface area contributed by atoms with Crippen molar-refractivity contribution in [3.8, 4) is 0 Å². The molecular formula is C14H15N3O3S2. The van der Waals surface area contributed by atoms with Gasteiger partial charge in [-0.05, 0) is 42.1 Å². The summed E-state index contributed by atoms with van der Waals surface area (Å²) in [5, 5.41) is 1.95. The number of hydrogen-bond donors (Lipinski definition) is 2. The van der Waals surface area contributed by atoms with Crippen LogP contribution in [0, 0.1) is 6.92 Å². The molecule has 2 heterocycles. The fraction of sp³-hybridized carbons (Fsp3) is 0.214. The van der Waals surface area contributed by atoms with E-state index < -0.39 is 10.0 Å². The van der Waals surface area contributed by atoms with Gasteiger partial charge < -0.3 is 9.97 Å². The predicted molar refractivity (Wildman–Crippen MR) is 86.6 cm³/mol. The Morgan fingerprint density at radius 3 is 2.59 bits per heavy atom. The van der Waals surface area contributed by atoms with E-state index in [4.69, 9.17) is 0 Å². The summed E-state index contributed by atoms with van der Waals surface area (Å²) in [6, 6.07) is 6.53. The fourth-order valence-corrected chi connectivity index (χ4v) is 4.41. The molecule has 0 aliphatic heterocycles. The normalized spacial score (nSPS) is 12.3. The fourth-order valence-electron chi connectivity index (χ4n) is 2.21. The van der Waals surface area contributed by atoms with Crippen LogP contribution in [0.1, 0.15) is 10.4 Å². The zero-order valence-corrected chi connectivity index (χ0v) is 13.7. The summed E-state index contributed by atoms with van der Waals surface area (Å²) in [5.41, 5.74) is 1.79. The molecule has 0 bridgehead atoms. The maximum absolute atomic E-state index is 12.6. The first kappa shape index (κ1) is 15.0. The summed E-state index contributed by atoms with van der Waals surface area (Å²) in [7, 11) is -2.06. The summed E-state index contributed by atoms with van der Waals surface area (Å²) in [5.74, 6) is 0. The summed E-state index contributed by atoms with van der Waals surface area (Å²) in [6.07, 6.45) is 0. The highest BCUT2D eigenvalue weighted by molar-refractivity contribution is 7.89. The molecule has 22 heavy (non-hydrogen) atoms. The molecule has 0 unspecified atom stereocenters. The molecule has 0 saturated heterocycles. The number of fused-ring (bicyclic) bond motifs is 1. The molecule has 0 aliphatic carbocycles. The van der Waals surface area contributed by atoms with Gasteiger partial charge in [-0.25, -0.2) is 13.2 Å². The number of sulfonamides is 1. The summed E-state index contributed by atoms with van der Waals surface area (Å²) >= 11 is 1.54. The van der Waals surface area contributed by atoms with Gasteiger partial charge in [-0.1, -0.05) is 0 Å². The SMILES string of the molecule is Cc1ccsc1CN(C)S(=O)(=O)c1ccc2[nH]c(=O)[nH]c2c1. The summed E-state index contributed by atoms with van der Waals surface area (Å²) in [6.45, 7) is 2.29. The number of aromatic amines is 2. The first-order valence-electron chi connectivity index (χ1n) is 6.59. The van der Waals surface area contributed by atoms with E-state index in [1.165, 1.54) is 27.8 Å². The van der Waals surface area contributed by atoms with Crippen LogP contribution in [-0.2, 0) is 16.6 Å². The van der Waals surface area contributed by atoms with Crippen LogP contribution in [0.15, 0.2) is 39.3 Å². The van der Waals surface area contributed by atoms with Crippen molar-refractivity contribution < 1.29 is 8.42 Å². The van der Waals surface area contributed by atoms with Gasteiger partial charge >= 0.3 is 5.69 Å². The minimum Gasteiger partial charge on any atom is -0.306 e. The lowest BCUT2D eigenvalue weighted by atomic mass is 10.3. The highest BCUT2D eigenvalue weighted by Crippen LogP contribution is 2.23. The van der Waals surface area contributed by atoms with Crippen LogP contribution in [0.4, 0.5) is 0 Å². The zero-order valence-electron chi connectivity index (χ0n) is 12.1. The Kier molecular flexibility index (Phi) is 3.67. The first-order valence-corrected chi connectivity index (χ1v) is 8.91. The molecule has 0 fully saturated rings. The Hall–Kier alpha value is -1.90. The summed E-state index contributed by atoms with van der Waals surface area (Å²) < 4.78 is 26.6. The predicted octanol–water partition coefficient (Wildman–Crippen LogP) is 2.05. The van der Waals surface area contributed by atoms with Gasteiger partial charge in [0.1, 0.15) is 0 Å². The number of rotatable bonds is 4. The average Bonchev–Trinajstić information content (AvgIpc) is 3.03. The lowest BCUT2D eigenvalue weighted by molar-refractivity contribution is 0.469. The van der Waals surface area contributed by atoms with E-state index in [-0.39, 0.29) is 10.6 Å². The van der Waals surface area contributed by atoms with Crippen LogP contribution in [0.25, 0.3) is 11.0 Å². The number of nitrogens with zero attached hydrogens (tertiary/aromatic N) is 1. The van der Waals surface area contributed by atoms with Crippen molar-refractivity contribution >= 4 is 32.4 Å². The molecular weight excluding hydrogens is 322 g/mol. The third-order valence-electron chi connectivity index (χ3n) is 3.53. The zero-order chi connectivity index (χ0) is 15.9. The van der Waals surface area contributed by atoms with Gasteiger partial charge in [-0.3, -0.25) is 0 Å². The molecule has 0 saturated carbocycles. The third-order valence-corrected chi connectivity index (χ3v) is 6.34. The molecule has 6 nitrogen and oxygen atoms in total. The Morgan fingerprint density at radius 1 is 1.18 bits per heavy atom. The maximum atomic E-state index is 12.6. The molecule has 116 valence electrons. The van der Waals surface area contributed by atoms with Crippen LogP contribution in [0.3, 0.4) is 0 Å². The van der Waals surface area contributed by atoms with E-state index in [0.29, 0.717) is 17.6 Å². The lowest BCUT2D eigenvalue weighted by Crippen LogP contribution is -2.26. The topological polar surface area (TPSA) is 86.0 Å². The van der Waals surface area contributed by atoms with Crippen molar-refractivity contribution in [2.45, 2.75) is 18.4 Å². The molecule has 0 aliphatic rings. The third kappa shape index (κ3) is 2.60. The van der Waals surface area contributed by atoms with E-state index in [0.717, 1.165) is 10.4 Å². The second-order valence-corrected chi connectivity index (χ2v) is 8.12. The van der Waals surface area contributed by atoms with Crippen LogP contribution in [0.5, 0.6) is 0 Å². The standard InChI is InChI=1S/C14H15N3O3S2/c1-9-5-6-21-13(9)8-17(2)22(19,20)10-3-4-11-12(7-10)16-14(18)15-11/h3-7H,8H2,1-2H3,(H2,15,16,18). The number of imidazole rings is 1. The van der Waals surface area contributed by atoms with Crippen molar-refractivity contribution in [1.29, 1.82) is 0 Å². The van der Waals surface area contributed by atoms with E-state index in [1.54, 1.807) is 13.1 Å². The van der Waals surface area contributed by atoms with Crippen molar-refractivity contribution in [2.75, 3.05) is 7.05 Å². The maximum Gasteiger partial charge on any atom is 0.323 e. The van der Waals surface area contributed by atoms with Gasteiger partial charge in [-0.2, -0.15) is 4.31 Å². The van der Waals surface area contributed by atoms with Gasteiger partial charge in [0.25, 0.3) is 0 Å². The molecule has 1 aromatic carbocycles. The Bertz CT molecular complexity index is 982. The quantitative estimate of drug-likeness (QED) is 0.764.